The first-order valence-electron chi connectivity index (χ1n) is 27.2. The van der Waals surface area contributed by atoms with Gasteiger partial charge in [0.1, 0.15) is 17.2 Å². The summed E-state index contributed by atoms with van der Waals surface area (Å²) in [6.45, 7) is 8.88. The van der Waals surface area contributed by atoms with Crippen LogP contribution in [0.15, 0.2) is 86.0 Å². The number of carbonyl (C=O) groups excluding carboxylic acids is 4. The van der Waals surface area contributed by atoms with Crippen LogP contribution >= 0.6 is 0 Å². The van der Waals surface area contributed by atoms with Crippen molar-refractivity contribution in [2.45, 2.75) is 193 Å². The van der Waals surface area contributed by atoms with Crippen LogP contribution in [0, 0.1) is 11.6 Å². The molecule has 72 heavy (non-hydrogen) atoms. The van der Waals surface area contributed by atoms with E-state index in [0.29, 0.717) is 37.9 Å². The number of esters is 4. The van der Waals surface area contributed by atoms with E-state index in [-0.39, 0.29) is 28.8 Å². The van der Waals surface area contributed by atoms with E-state index < -0.39 is 29.3 Å². The maximum atomic E-state index is 15.0. The standard InChI is InChI=1S/C60H84F2O10/c1-3-56(63)69-45-33-29-25-21-17-13-9-5-7-11-15-19-23-27-31-43-67-51-39-35-49(36-40-51)59(65)71-53-47-54(61)58(55(62)48-53)72-60(66)50-37-41-52(42-38-50)68-44-32-28-24-20-16-12-8-6-10-14-18-22-26-30-34-46-70-57(64)4-2/h3-4,35-42,47-48H,1-2,5-34,43-46H2. The van der Waals surface area contributed by atoms with Gasteiger partial charge in [-0.3, -0.25) is 0 Å². The Morgan fingerprint density at radius 2 is 0.625 bits per heavy atom. The first-order valence-corrected chi connectivity index (χ1v) is 27.2. The Kier molecular flexibility index (Phi) is 33.8. The Morgan fingerprint density at radius 3 is 0.917 bits per heavy atom. The van der Waals surface area contributed by atoms with Gasteiger partial charge >= 0.3 is 23.9 Å². The number of carbonyl (C=O) groups is 4. The first-order chi connectivity index (χ1) is 35.2. The molecule has 3 aromatic carbocycles. The highest BCUT2D eigenvalue weighted by Crippen LogP contribution is 2.29. The molecular formula is C60H84F2O10. The zero-order chi connectivity index (χ0) is 51.7. The molecule has 0 amide bonds. The van der Waals surface area contributed by atoms with E-state index in [2.05, 4.69) is 13.2 Å². The van der Waals surface area contributed by atoms with Crippen LogP contribution in [0.25, 0.3) is 0 Å². The van der Waals surface area contributed by atoms with Gasteiger partial charge in [-0.25, -0.2) is 28.0 Å². The highest BCUT2D eigenvalue weighted by Gasteiger charge is 2.20. The Hall–Kier alpha value is -5.52. The van der Waals surface area contributed by atoms with Crippen molar-refractivity contribution in [1.82, 2.24) is 0 Å². The number of halogens is 2. The molecule has 0 aliphatic rings. The Bertz CT molecular complexity index is 1940. The van der Waals surface area contributed by atoms with Gasteiger partial charge in [0.2, 0.25) is 5.75 Å². The van der Waals surface area contributed by atoms with Gasteiger partial charge in [-0.1, -0.05) is 180 Å². The molecule has 0 unspecified atom stereocenters. The average Bonchev–Trinajstić information content (AvgIpc) is 3.38. The minimum Gasteiger partial charge on any atom is -0.494 e. The molecule has 398 valence electrons. The van der Waals surface area contributed by atoms with E-state index in [9.17, 15) is 28.0 Å². The molecule has 0 spiro atoms. The lowest BCUT2D eigenvalue weighted by molar-refractivity contribution is -0.138. The van der Waals surface area contributed by atoms with Crippen molar-refractivity contribution in [2.75, 3.05) is 26.4 Å². The average molecular weight is 1000 g/mol. The first kappa shape index (κ1) is 60.8. The quantitative estimate of drug-likeness (QED) is 0.0234. The topological polar surface area (TPSA) is 124 Å². The van der Waals surface area contributed by atoms with Gasteiger partial charge in [-0.05, 0) is 74.2 Å². The van der Waals surface area contributed by atoms with Crippen LogP contribution < -0.4 is 18.9 Å². The largest absolute Gasteiger partial charge is 0.494 e. The zero-order valence-corrected chi connectivity index (χ0v) is 43.2. The third kappa shape index (κ3) is 29.1. The summed E-state index contributed by atoms with van der Waals surface area (Å²) in [6.07, 6.45) is 38.1. The molecule has 0 saturated carbocycles. The van der Waals surface area contributed by atoms with Crippen molar-refractivity contribution in [3.63, 3.8) is 0 Å². The van der Waals surface area contributed by atoms with Gasteiger partial charge in [0.05, 0.1) is 37.6 Å². The molecular weight excluding hydrogens is 919 g/mol. The Balaban J connectivity index is 1.17. The number of rotatable bonds is 44. The van der Waals surface area contributed by atoms with Gasteiger partial charge in [0.25, 0.3) is 0 Å². The van der Waals surface area contributed by atoms with Gasteiger partial charge in [-0.15, -0.1) is 0 Å². The summed E-state index contributed by atoms with van der Waals surface area (Å²) < 4.78 is 61.9. The number of hydrogen-bond acceptors (Lipinski definition) is 10. The van der Waals surface area contributed by atoms with Crippen LogP contribution in [0.1, 0.15) is 213 Å². The van der Waals surface area contributed by atoms with Crippen molar-refractivity contribution in [1.29, 1.82) is 0 Å². The second-order valence-electron chi connectivity index (χ2n) is 18.6. The highest BCUT2D eigenvalue weighted by molar-refractivity contribution is 5.92. The summed E-state index contributed by atoms with van der Waals surface area (Å²) >= 11 is 0. The fraction of sp³-hybridized carbons (Fsp3) is 0.567. The molecule has 3 rings (SSSR count). The van der Waals surface area contributed by atoms with E-state index in [1.807, 2.05) is 0 Å². The van der Waals surface area contributed by atoms with Crippen molar-refractivity contribution in [3.8, 4) is 23.0 Å². The number of ether oxygens (including phenoxy) is 6. The van der Waals surface area contributed by atoms with Crippen LogP contribution in [0.3, 0.4) is 0 Å². The number of benzene rings is 3. The van der Waals surface area contributed by atoms with Crippen molar-refractivity contribution in [3.05, 3.63) is 109 Å². The van der Waals surface area contributed by atoms with Crippen molar-refractivity contribution >= 4 is 23.9 Å². The van der Waals surface area contributed by atoms with E-state index in [1.54, 1.807) is 24.3 Å². The van der Waals surface area contributed by atoms with E-state index >= 15 is 0 Å². The predicted molar refractivity (Wildman–Crippen MR) is 281 cm³/mol. The third-order valence-electron chi connectivity index (χ3n) is 12.5. The maximum Gasteiger partial charge on any atom is 0.343 e. The zero-order valence-electron chi connectivity index (χ0n) is 43.2. The molecule has 12 heteroatoms. The minimum absolute atomic E-state index is 0.0912. The summed E-state index contributed by atoms with van der Waals surface area (Å²) in [5.41, 5.74) is 0.268. The predicted octanol–water partition coefficient (Wildman–Crippen LogP) is 16.3. The van der Waals surface area contributed by atoms with Crippen LogP contribution in [-0.4, -0.2) is 50.3 Å². The smallest absolute Gasteiger partial charge is 0.343 e. The van der Waals surface area contributed by atoms with Gasteiger partial charge < -0.3 is 28.4 Å². The molecule has 0 aliphatic heterocycles. The van der Waals surface area contributed by atoms with Crippen molar-refractivity contribution < 1.29 is 56.4 Å². The Labute approximate surface area is 429 Å². The SMILES string of the molecule is C=CC(=O)OCCCCCCCCCCCCCCCCCOc1ccc(C(=O)Oc2cc(F)c(OC(=O)c3ccc(OCCCCCCCCCCCCCCCCCOC(=O)C=C)cc3)c(F)c2)cc1. The van der Waals surface area contributed by atoms with E-state index in [4.69, 9.17) is 28.4 Å². The summed E-state index contributed by atoms with van der Waals surface area (Å²) in [5, 5.41) is 0. The van der Waals surface area contributed by atoms with Crippen LogP contribution in [0.5, 0.6) is 23.0 Å². The molecule has 0 fully saturated rings. The lowest BCUT2D eigenvalue weighted by atomic mass is 10.0. The van der Waals surface area contributed by atoms with Gasteiger partial charge in [0, 0.05) is 24.3 Å². The van der Waals surface area contributed by atoms with E-state index in [1.165, 1.54) is 171 Å². The third-order valence-corrected chi connectivity index (χ3v) is 12.5. The molecule has 0 aliphatic carbocycles. The lowest BCUT2D eigenvalue weighted by Crippen LogP contribution is -2.12. The normalized spacial score (nSPS) is 10.9. The minimum atomic E-state index is -1.19. The summed E-state index contributed by atoms with van der Waals surface area (Å²) in [7, 11) is 0. The second kappa shape index (κ2) is 40.0. The lowest BCUT2D eigenvalue weighted by Gasteiger charge is -2.11. The molecule has 10 nitrogen and oxygen atoms in total. The summed E-state index contributed by atoms with van der Waals surface area (Å²) in [6, 6.07) is 14.2. The highest BCUT2D eigenvalue weighted by atomic mass is 19.1. The maximum absolute atomic E-state index is 15.0. The molecule has 0 bridgehead atoms. The van der Waals surface area contributed by atoms with Crippen molar-refractivity contribution in [2.24, 2.45) is 0 Å². The molecule has 0 N–H and O–H groups in total. The molecule has 3 aromatic rings. The Morgan fingerprint density at radius 1 is 0.361 bits per heavy atom. The molecule has 0 saturated heterocycles. The van der Waals surface area contributed by atoms with E-state index in [0.717, 1.165) is 69.9 Å². The second-order valence-corrected chi connectivity index (χ2v) is 18.6. The van der Waals surface area contributed by atoms with Crippen LogP contribution in [-0.2, 0) is 19.1 Å². The fourth-order valence-electron chi connectivity index (χ4n) is 8.23. The molecule has 0 aromatic heterocycles. The van der Waals surface area contributed by atoms with Gasteiger partial charge in [-0.2, -0.15) is 0 Å². The van der Waals surface area contributed by atoms with Crippen LogP contribution in [0.4, 0.5) is 8.78 Å². The molecule has 0 heterocycles. The van der Waals surface area contributed by atoms with Gasteiger partial charge in [0.15, 0.2) is 11.6 Å². The molecule has 0 radical (unpaired) electrons. The van der Waals surface area contributed by atoms with Crippen LogP contribution in [0.2, 0.25) is 0 Å². The fourth-order valence-corrected chi connectivity index (χ4v) is 8.23. The monoisotopic (exact) mass is 1000 g/mol. The summed E-state index contributed by atoms with van der Waals surface area (Å²) in [5.74, 6) is -4.91. The summed E-state index contributed by atoms with van der Waals surface area (Å²) in [4.78, 5) is 47.6. The number of unbranched alkanes of at least 4 members (excludes halogenated alkanes) is 28. The molecule has 0 atom stereocenters. The number of hydrogen-bond donors (Lipinski definition) is 0.